The quantitative estimate of drug-likeness (QED) is 0.830. The zero-order chi connectivity index (χ0) is 13.0. The smallest absolute Gasteiger partial charge is 0.239 e. The van der Waals surface area contributed by atoms with Gasteiger partial charge < -0.3 is 15.1 Å². The van der Waals surface area contributed by atoms with Crippen molar-refractivity contribution in [2.24, 2.45) is 5.92 Å². The van der Waals surface area contributed by atoms with Crippen molar-refractivity contribution in [2.45, 2.75) is 38.6 Å². The van der Waals surface area contributed by atoms with Crippen LogP contribution in [-0.2, 0) is 4.79 Å². The van der Waals surface area contributed by atoms with Gasteiger partial charge in [-0.05, 0) is 51.7 Å². The number of nitrogens with one attached hydrogen (secondary N) is 1. The number of amides is 1. The van der Waals surface area contributed by atoms with Crippen LogP contribution in [-0.4, -0.2) is 61.5 Å². The second kappa shape index (κ2) is 8.08. The normalized spacial score (nSPS) is 26.8. The molecule has 19 heavy (non-hydrogen) atoms. The summed E-state index contributed by atoms with van der Waals surface area (Å²) in [6.45, 7) is 7.44. The van der Waals surface area contributed by atoms with E-state index in [9.17, 15) is 4.79 Å². The Hall–Kier alpha value is -0.320. The molecule has 2 rings (SSSR count). The second-order valence-corrected chi connectivity index (χ2v) is 5.85. The highest BCUT2D eigenvalue weighted by Gasteiger charge is 2.32. The summed E-state index contributed by atoms with van der Waals surface area (Å²) in [5.41, 5.74) is 0. The van der Waals surface area contributed by atoms with Crippen molar-refractivity contribution < 1.29 is 4.79 Å². The Labute approximate surface area is 123 Å². The van der Waals surface area contributed by atoms with Gasteiger partial charge in [-0.3, -0.25) is 4.79 Å². The zero-order valence-electron chi connectivity index (χ0n) is 12.2. The summed E-state index contributed by atoms with van der Waals surface area (Å²) in [7, 11) is 2.19. The van der Waals surface area contributed by atoms with E-state index in [4.69, 9.17) is 0 Å². The topological polar surface area (TPSA) is 35.6 Å². The molecule has 2 fully saturated rings. The van der Waals surface area contributed by atoms with E-state index in [-0.39, 0.29) is 18.4 Å². The third-order valence-electron chi connectivity index (χ3n) is 4.13. The van der Waals surface area contributed by atoms with Crippen LogP contribution < -0.4 is 5.32 Å². The van der Waals surface area contributed by atoms with Gasteiger partial charge >= 0.3 is 0 Å². The number of nitrogens with zero attached hydrogens (tertiary/aromatic N) is 2. The second-order valence-electron chi connectivity index (χ2n) is 5.85. The van der Waals surface area contributed by atoms with Crippen LogP contribution in [0.5, 0.6) is 0 Å². The third-order valence-corrected chi connectivity index (χ3v) is 4.13. The first-order valence-electron chi connectivity index (χ1n) is 7.41. The Morgan fingerprint density at radius 3 is 2.84 bits per heavy atom. The molecule has 112 valence electrons. The standard InChI is InChI=1S/C14H27N3O.ClH/c1-3-8-16(2)10-12-6-9-17(11-12)14(18)13-5-4-7-15-13;/h12-13,15H,3-11H2,1-2H3;1H/t12?,13-;/m0./s1. The lowest BCUT2D eigenvalue weighted by Gasteiger charge is -2.22. The van der Waals surface area contributed by atoms with Crippen molar-refractivity contribution in [1.82, 2.24) is 15.1 Å². The van der Waals surface area contributed by atoms with Crippen molar-refractivity contribution in [3.8, 4) is 0 Å². The molecule has 2 heterocycles. The van der Waals surface area contributed by atoms with Crippen LogP contribution in [0.1, 0.15) is 32.6 Å². The average Bonchev–Trinajstić information content (AvgIpc) is 2.98. The van der Waals surface area contributed by atoms with Crippen LogP contribution in [0.4, 0.5) is 0 Å². The van der Waals surface area contributed by atoms with Gasteiger partial charge in [0.05, 0.1) is 6.04 Å². The van der Waals surface area contributed by atoms with Gasteiger partial charge in [-0.2, -0.15) is 0 Å². The summed E-state index contributed by atoms with van der Waals surface area (Å²) in [6.07, 6.45) is 4.55. The number of carbonyl (C=O) groups excluding carboxylic acids is 1. The Morgan fingerprint density at radius 1 is 1.42 bits per heavy atom. The summed E-state index contributed by atoms with van der Waals surface area (Å²) in [5.74, 6) is 1.01. The van der Waals surface area contributed by atoms with Crippen LogP contribution in [0, 0.1) is 5.92 Å². The van der Waals surface area contributed by atoms with Crippen LogP contribution in [0.15, 0.2) is 0 Å². The van der Waals surface area contributed by atoms with Crippen LogP contribution in [0.2, 0.25) is 0 Å². The van der Waals surface area contributed by atoms with E-state index >= 15 is 0 Å². The van der Waals surface area contributed by atoms with Crippen molar-refractivity contribution in [3.05, 3.63) is 0 Å². The fraction of sp³-hybridized carbons (Fsp3) is 0.929. The molecule has 2 atom stereocenters. The van der Waals surface area contributed by atoms with Gasteiger partial charge in [0.2, 0.25) is 5.91 Å². The molecule has 0 aromatic heterocycles. The average molecular weight is 290 g/mol. The number of hydrogen-bond donors (Lipinski definition) is 1. The molecule has 0 aromatic carbocycles. The molecular weight excluding hydrogens is 262 g/mol. The van der Waals surface area contributed by atoms with Gasteiger partial charge in [0.15, 0.2) is 0 Å². The van der Waals surface area contributed by atoms with E-state index in [0.29, 0.717) is 11.8 Å². The molecular formula is C14H28ClN3O. The minimum Gasteiger partial charge on any atom is -0.341 e. The number of likely N-dealkylation sites (tertiary alicyclic amines) is 1. The lowest BCUT2D eigenvalue weighted by molar-refractivity contribution is -0.132. The molecule has 0 aromatic rings. The largest absolute Gasteiger partial charge is 0.341 e. The van der Waals surface area contributed by atoms with Gasteiger partial charge in [0, 0.05) is 19.6 Å². The number of carbonyl (C=O) groups is 1. The minimum absolute atomic E-state index is 0. The highest BCUT2D eigenvalue weighted by Crippen LogP contribution is 2.19. The maximum absolute atomic E-state index is 12.3. The maximum atomic E-state index is 12.3. The molecule has 0 radical (unpaired) electrons. The first-order chi connectivity index (χ1) is 8.70. The van der Waals surface area contributed by atoms with Gasteiger partial charge in [-0.25, -0.2) is 0 Å². The monoisotopic (exact) mass is 289 g/mol. The molecule has 1 N–H and O–H groups in total. The highest BCUT2D eigenvalue weighted by atomic mass is 35.5. The molecule has 2 aliphatic heterocycles. The Balaban J connectivity index is 0.00000180. The van der Waals surface area contributed by atoms with E-state index in [2.05, 4.69) is 29.1 Å². The van der Waals surface area contributed by atoms with E-state index in [1.807, 2.05) is 0 Å². The van der Waals surface area contributed by atoms with Crippen molar-refractivity contribution in [2.75, 3.05) is 39.8 Å². The molecule has 2 aliphatic rings. The Bertz CT molecular complexity index is 282. The first-order valence-corrected chi connectivity index (χ1v) is 7.41. The Morgan fingerprint density at radius 2 is 2.21 bits per heavy atom. The predicted octanol–water partition coefficient (Wildman–Crippen LogP) is 1.35. The van der Waals surface area contributed by atoms with E-state index in [1.54, 1.807) is 0 Å². The van der Waals surface area contributed by atoms with Gasteiger partial charge in [-0.15, -0.1) is 12.4 Å². The lowest BCUT2D eigenvalue weighted by Crippen LogP contribution is -2.42. The molecule has 0 aliphatic carbocycles. The Kier molecular flexibility index (Phi) is 7.11. The predicted molar refractivity (Wildman–Crippen MR) is 80.7 cm³/mol. The molecule has 1 unspecified atom stereocenters. The summed E-state index contributed by atoms with van der Waals surface area (Å²) in [4.78, 5) is 16.7. The molecule has 4 nitrogen and oxygen atoms in total. The summed E-state index contributed by atoms with van der Waals surface area (Å²) in [5, 5.41) is 3.31. The van der Waals surface area contributed by atoms with Crippen LogP contribution in [0.3, 0.4) is 0 Å². The SMILES string of the molecule is CCCN(C)CC1CCN(C(=O)[C@@H]2CCCN2)C1.Cl. The van der Waals surface area contributed by atoms with Crippen molar-refractivity contribution >= 4 is 18.3 Å². The molecule has 1 amide bonds. The van der Waals surface area contributed by atoms with E-state index in [0.717, 1.165) is 45.6 Å². The number of hydrogen-bond acceptors (Lipinski definition) is 3. The fourth-order valence-corrected chi connectivity index (χ4v) is 3.21. The minimum atomic E-state index is 0. The molecule has 0 bridgehead atoms. The molecule has 5 heteroatoms. The summed E-state index contributed by atoms with van der Waals surface area (Å²) < 4.78 is 0. The third kappa shape index (κ3) is 4.62. The van der Waals surface area contributed by atoms with Gasteiger partial charge in [-0.1, -0.05) is 6.92 Å². The maximum Gasteiger partial charge on any atom is 0.239 e. The van der Waals surface area contributed by atoms with Crippen molar-refractivity contribution in [3.63, 3.8) is 0 Å². The van der Waals surface area contributed by atoms with Gasteiger partial charge in [0.1, 0.15) is 0 Å². The molecule has 0 spiro atoms. The van der Waals surface area contributed by atoms with Gasteiger partial charge in [0.25, 0.3) is 0 Å². The summed E-state index contributed by atoms with van der Waals surface area (Å²) >= 11 is 0. The fourth-order valence-electron chi connectivity index (χ4n) is 3.21. The number of rotatable bonds is 5. The van der Waals surface area contributed by atoms with Crippen LogP contribution >= 0.6 is 12.4 Å². The zero-order valence-corrected chi connectivity index (χ0v) is 13.0. The van der Waals surface area contributed by atoms with Crippen molar-refractivity contribution in [1.29, 1.82) is 0 Å². The van der Waals surface area contributed by atoms with E-state index in [1.165, 1.54) is 12.8 Å². The summed E-state index contributed by atoms with van der Waals surface area (Å²) in [6, 6.07) is 0.108. The number of halogens is 1. The molecule has 2 saturated heterocycles. The van der Waals surface area contributed by atoms with Crippen LogP contribution in [0.25, 0.3) is 0 Å². The first kappa shape index (κ1) is 16.7. The lowest BCUT2D eigenvalue weighted by atomic mass is 10.1. The highest BCUT2D eigenvalue weighted by molar-refractivity contribution is 5.85. The van der Waals surface area contributed by atoms with E-state index < -0.39 is 0 Å². The molecule has 0 saturated carbocycles.